The Labute approximate surface area is 98.6 Å². The van der Waals surface area contributed by atoms with Gasteiger partial charge in [0.05, 0.1) is 24.4 Å². The van der Waals surface area contributed by atoms with Crippen molar-refractivity contribution in [1.29, 1.82) is 0 Å². The Morgan fingerprint density at radius 3 is 2.59 bits per heavy atom. The van der Waals surface area contributed by atoms with Crippen LogP contribution in [0.1, 0.15) is 25.8 Å². The standard InChI is InChI=1S/C12H15FO4/c1-12(2,15)9-10(14)7(13)6-8-11(9)17-5-3-4-16-8/h6,14-15H,3-5H2,1-2H3. The summed E-state index contributed by atoms with van der Waals surface area (Å²) in [6.45, 7) is 3.73. The predicted molar refractivity (Wildman–Crippen MR) is 58.9 cm³/mol. The van der Waals surface area contributed by atoms with E-state index in [-0.39, 0.29) is 17.1 Å². The van der Waals surface area contributed by atoms with Crippen molar-refractivity contribution in [2.75, 3.05) is 13.2 Å². The number of fused-ring (bicyclic) bond motifs is 1. The van der Waals surface area contributed by atoms with Crippen LogP contribution in [0.4, 0.5) is 4.39 Å². The van der Waals surface area contributed by atoms with Gasteiger partial charge in [-0.25, -0.2) is 4.39 Å². The zero-order chi connectivity index (χ0) is 12.6. The molecule has 2 N–H and O–H groups in total. The van der Waals surface area contributed by atoms with E-state index in [0.29, 0.717) is 19.6 Å². The molecule has 0 atom stereocenters. The minimum atomic E-state index is -1.41. The first-order valence-electron chi connectivity index (χ1n) is 5.45. The lowest BCUT2D eigenvalue weighted by molar-refractivity contribution is 0.0710. The lowest BCUT2D eigenvalue weighted by Crippen LogP contribution is -2.18. The van der Waals surface area contributed by atoms with Crippen molar-refractivity contribution in [2.45, 2.75) is 25.9 Å². The number of hydrogen-bond donors (Lipinski definition) is 2. The van der Waals surface area contributed by atoms with E-state index in [2.05, 4.69) is 0 Å². The highest BCUT2D eigenvalue weighted by molar-refractivity contribution is 5.56. The van der Waals surface area contributed by atoms with Gasteiger partial charge < -0.3 is 19.7 Å². The lowest BCUT2D eigenvalue weighted by atomic mass is 9.95. The summed E-state index contributed by atoms with van der Waals surface area (Å²) in [5, 5.41) is 19.7. The minimum Gasteiger partial charge on any atom is -0.504 e. The van der Waals surface area contributed by atoms with E-state index in [4.69, 9.17) is 9.47 Å². The van der Waals surface area contributed by atoms with E-state index in [9.17, 15) is 14.6 Å². The molecule has 1 aliphatic heterocycles. The van der Waals surface area contributed by atoms with Crippen LogP contribution in [0.5, 0.6) is 17.2 Å². The number of ether oxygens (including phenoxy) is 2. The number of aliphatic hydroxyl groups is 1. The SMILES string of the molecule is CC(C)(O)c1c(O)c(F)cc2c1OCCCO2. The molecule has 0 saturated heterocycles. The molecule has 0 unspecified atom stereocenters. The van der Waals surface area contributed by atoms with Crippen LogP contribution in [-0.2, 0) is 5.60 Å². The average molecular weight is 242 g/mol. The number of benzene rings is 1. The summed E-state index contributed by atoms with van der Waals surface area (Å²) >= 11 is 0. The number of halogens is 1. The monoisotopic (exact) mass is 242 g/mol. The normalized spacial score (nSPS) is 15.5. The molecule has 94 valence electrons. The van der Waals surface area contributed by atoms with E-state index in [1.807, 2.05) is 0 Å². The predicted octanol–water partition coefficient (Wildman–Crippen LogP) is 1.92. The topological polar surface area (TPSA) is 58.9 Å². The summed E-state index contributed by atoms with van der Waals surface area (Å²) < 4.78 is 24.3. The van der Waals surface area contributed by atoms with E-state index >= 15 is 0 Å². The number of phenols is 1. The van der Waals surface area contributed by atoms with Gasteiger partial charge in [-0.05, 0) is 13.8 Å². The molecule has 0 amide bonds. The molecule has 0 spiro atoms. The third-order valence-electron chi connectivity index (χ3n) is 2.58. The molecule has 0 radical (unpaired) electrons. The van der Waals surface area contributed by atoms with Crippen molar-refractivity contribution in [3.63, 3.8) is 0 Å². The molecule has 1 heterocycles. The molecule has 1 aromatic rings. The Kier molecular flexibility index (Phi) is 2.87. The smallest absolute Gasteiger partial charge is 0.171 e. The van der Waals surface area contributed by atoms with Gasteiger partial charge >= 0.3 is 0 Å². The summed E-state index contributed by atoms with van der Waals surface area (Å²) in [6, 6.07) is 1.07. The van der Waals surface area contributed by atoms with E-state index in [0.717, 1.165) is 6.07 Å². The fraction of sp³-hybridized carbons (Fsp3) is 0.500. The van der Waals surface area contributed by atoms with Crippen LogP contribution in [0.15, 0.2) is 6.07 Å². The summed E-state index contributed by atoms with van der Waals surface area (Å²) in [4.78, 5) is 0. The van der Waals surface area contributed by atoms with Gasteiger partial charge in [-0.1, -0.05) is 0 Å². The van der Waals surface area contributed by atoms with Gasteiger partial charge in [-0.3, -0.25) is 0 Å². The van der Waals surface area contributed by atoms with Crippen molar-refractivity contribution in [2.24, 2.45) is 0 Å². The Balaban J connectivity index is 2.66. The molecule has 0 aliphatic carbocycles. The molecule has 5 heteroatoms. The van der Waals surface area contributed by atoms with Gasteiger partial charge in [0, 0.05) is 12.5 Å². The number of aromatic hydroxyl groups is 1. The summed E-state index contributed by atoms with van der Waals surface area (Å²) in [6.07, 6.45) is 0.669. The van der Waals surface area contributed by atoms with Crippen LogP contribution in [0, 0.1) is 5.82 Å². The quantitative estimate of drug-likeness (QED) is 0.790. The highest BCUT2D eigenvalue weighted by atomic mass is 19.1. The third kappa shape index (κ3) is 2.15. The number of rotatable bonds is 1. The second kappa shape index (κ2) is 4.07. The fourth-order valence-corrected chi connectivity index (χ4v) is 1.83. The maximum atomic E-state index is 13.5. The molecule has 17 heavy (non-hydrogen) atoms. The molecule has 1 aromatic carbocycles. The Morgan fingerprint density at radius 2 is 1.94 bits per heavy atom. The van der Waals surface area contributed by atoms with Crippen molar-refractivity contribution >= 4 is 0 Å². The van der Waals surface area contributed by atoms with Crippen LogP contribution < -0.4 is 9.47 Å². The van der Waals surface area contributed by atoms with Gasteiger partial charge in [-0.15, -0.1) is 0 Å². The average Bonchev–Trinajstić information content (AvgIpc) is 2.42. The fourth-order valence-electron chi connectivity index (χ4n) is 1.83. The van der Waals surface area contributed by atoms with Gasteiger partial charge in [0.1, 0.15) is 0 Å². The zero-order valence-corrected chi connectivity index (χ0v) is 9.79. The highest BCUT2D eigenvalue weighted by Crippen LogP contribution is 2.45. The Morgan fingerprint density at radius 1 is 1.29 bits per heavy atom. The molecule has 0 aromatic heterocycles. The Hall–Kier alpha value is -1.49. The second-order valence-electron chi connectivity index (χ2n) is 4.52. The van der Waals surface area contributed by atoms with Crippen LogP contribution >= 0.6 is 0 Å². The van der Waals surface area contributed by atoms with Crippen LogP contribution in [0.2, 0.25) is 0 Å². The van der Waals surface area contributed by atoms with E-state index < -0.39 is 17.2 Å². The van der Waals surface area contributed by atoms with E-state index in [1.54, 1.807) is 0 Å². The molecule has 2 rings (SSSR count). The largest absolute Gasteiger partial charge is 0.504 e. The van der Waals surface area contributed by atoms with Gasteiger partial charge in [0.2, 0.25) is 0 Å². The lowest BCUT2D eigenvalue weighted by Gasteiger charge is -2.23. The summed E-state index contributed by atoms with van der Waals surface area (Å²) in [7, 11) is 0. The van der Waals surface area contributed by atoms with Crippen molar-refractivity contribution < 1.29 is 24.1 Å². The van der Waals surface area contributed by atoms with Crippen LogP contribution in [-0.4, -0.2) is 23.4 Å². The molecule has 0 fully saturated rings. The first kappa shape index (κ1) is 12.0. The van der Waals surface area contributed by atoms with Gasteiger partial charge in [0.15, 0.2) is 23.1 Å². The third-order valence-corrected chi connectivity index (χ3v) is 2.58. The van der Waals surface area contributed by atoms with Gasteiger partial charge in [0.25, 0.3) is 0 Å². The summed E-state index contributed by atoms with van der Waals surface area (Å²) in [5.41, 5.74) is -1.39. The number of hydrogen-bond acceptors (Lipinski definition) is 4. The maximum absolute atomic E-state index is 13.5. The first-order valence-corrected chi connectivity index (χ1v) is 5.45. The summed E-state index contributed by atoms with van der Waals surface area (Å²) in [5.74, 6) is -0.989. The van der Waals surface area contributed by atoms with Crippen molar-refractivity contribution in [3.8, 4) is 17.2 Å². The molecule has 0 saturated carbocycles. The second-order valence-corrected chi connectivity index (χ2v) is 4.52. The zero-order valence-electron chi connectivity index (χ0n) is 9.79. The van der Waals surface area contributed by atoms with Gasteiger partial charge in [-0.2, -0.15) is 0 Å². The first-order chi connectivity index (χ1) is 7.91. The maximum Gasteiger partial charge on any atom is 0.171 e. The molecule has 4 nitrogen and oxygen atoms in total. The van der Waals surface area contributed by atoms with E-state index in [1.165, 1.54) is 13.8 Å². The minimum absolute atomic E-state index is 0.0226. The Bertz CT molecular complexity index is 437. The van der Waals surface area contributed by atoms with Crippen molar-refractivity contribution in [3.05, 3.63) is 17.4 Å². The molecular weight excluding hydrogens is 227 g/mol. The van der Waals surface area contributed by atoms with Crippen molar-refractivity contribution in [1.82, 2.24) is 0 Å². The molecule has 0 bridgehead atoms. The highest BCUT2D eigenvalue weighted by Gasteiger charge is 2.31. The van der Waals surface area contributed by atoms with Crippen LogP contribution in [0.3, 0.4) is 0 Å². The molecule has 1 aliphatic rings. The molecular formula is C12H15FO4. The van der Waals surface area contributed by atoms with Crippen LogP contribution in [0.25, 0.3) is 0 Å². The number of phenolic OH excluding ortho intramolecular Hbond substituents is 1.